The smallest absolute Gasteiger partial charge is 0.168 e. The number of methoxy groups -OCH3 is 1. The van der Waals surface area contributed by atoms with Crippen LogP contribution in [0.1, 0.15) is 46.1 Å². The van der Waals surface area contributed by atoms with Gasteiger partial charge in [0.05, 0.1) is 7.11 Å². The highest BCUT2D eigenvalue weighted by atomic mass is 19.1. The fraction of sp³-hybridized carbons (Fsp3) is 0.647. The molecule has 0 aliphatic heterocycles. The molecular formula is C17H28FNO. The second-order valence-corrected chi connectivity index (χ2v) is 6.30. The number of hydrogen-bond donors (Lipinski definition) is 1. The Morgan fingerprint density at radius 1 is 1.30 bits per heavy atom. The van der Waals surface area contributed by atoms with E-state index in [1.807, 2.05) is 12.1 Å². The summed E-state index contributed by atoms with van der Waals surface area (Å²) in [7, 11) is 1.50. The van der Waals surface area contributed by atoms with E-state index < -0.39 is 0 Å². The molecule has 0 radical (unpaired) electrons. The molecule has 0 fully saturated rings. The lowest BCUT2D eigenvalue weighted by molar-refractivity contribution is 0.254. The maximum absolute atomic E-state index is 14.0. The van der Waals surface area contributed by atoms with E-state index in [0.717, 1.165) is 31.4 Å². The van der Waals surface area contributed by atoms with Gasteiger partial charge in [0.1, 0.15) is 0 Å². The first kappa shape index (κ1) is 17.0. The van der Waals surface area contributed by atoms with Gasteiger partial charge in [-0.3, -0.25) is 0 Å². The van der Waals surface area contributed by atoms with Crippen molar-refractivity contribution < 1.29 is 9.13 Å². The van der Waals surface area contributed by atoms with Gasteiger partial charge in [-0.15, -0.1) is 0 Å². The van der Waals surface area contributed by atoms with E-state index in [-0.39, 0.29) is 11.2 Å². The zero-order valence-corrected chi connectivity index (χ0v) is 13.4. The maximum atomic E-state index is 14.0. The Morgan fingerprint density at radius 3 is 2.55 bits per heavy atom. The Labute approximate surface area is 122 Å². The molecule has 1 atom stereocenters. The normalized spacial score (nSPS) is 13.3. The quantitative estimate of drug-likeness (QED) is 0.809. The molecule has 1 aromatic carbocycles. The summed E-state index contributed by atoms with van der Waals surface area (Å²) in [4.78, 5) is 0. The van der Waals surface area contributed by atoms with Gasteiger partial charge >= 0.3 is 0 Å². The molecule has 2 nitrogen and oxygen atoms in total. The van der Waals surface area contributed by atoms with E-state index in [2.05, 4.69) is 33.0 Å². The molecule has 0 amide bonds. The number of benzene rings is 1. The van der Waals surface area contributed by atoms with Crippen molar-refractivity contribution in [1.82, 2.24) is 5.32 Å². The fourth-order valence-corrected chi connectivity index (χ4v) is 2.49. The maximum Gasteiger partial charge on any atom is 0.168 e. The van der Waals surface area contributed by atoms with Gasteiger partial charge in [-0.2, -0.15) is 0 Å². The van der Waals surface area contributed by atoms with E-state index >= 15 is 0 Å². The van der Waals surface area contributed by atoms with Crippen LogP contribution in [0.3, 0.4) is 0 Å². The lowest BCUT2D eigenvalue weighted by atomic mass is 9.83. The number of rotatable bonds is 7. The number of aryl methyl sites for hydroxylation is 1. The molecule has 1 N–H and O–H groups in total. The molecule has 0 spiro atoms. The van der Waals surface area contributed by atoms with Crippen molar-refractivity contribution in [2.45, 2.75) is 53.0 Å². The molecule has 0 saturated heterocycles. The number of ether oxygens (including phenoxy) is 1. The summed E-state index contributed by atoms with van der Waals surface area (Å²) >= 11 is 0. The molecule has 114 valence electrons. The molecule has 1 aromatic rings. The summed E-state index contributed by atoms with van der Waals surface area (Å²) in [6.45, 7) is 9.82. The second kappa shape index (κ2) is 7.63. The molecule has 0 aromatic heterocycles. The molecule has 0 heterocycles. The van der Waals surface area contributed by atoms with Crippen LogP contribution >= 0.6 is 0 Å². The van der Waals surface area contributed by atoms with Crippen molar-refractivity contribution in [2.24, 2.45) is 5.41 Å². The van der Waals surface area contributed by atoms with Crippen LogP contribution in [-0.2, 0) is 6.42 Å². The summed E-state index contributed by atoms with van der Waals surface area (Å²) in [6, 6.07) is 5.82. The van der Waals surface area contributed by atoms with Gasteiger partial charge in [0.15, 0.2) is 11.6 Å². The Morgan fingerprint density at radius 2 is 2.00 bits per heavy atom. The minimum absolute atomic E-state index is 0.217. The molecule has 20 heavy (non-hydrogen) atoms. The monoisotopic (exact) mass is 281 g/mol. The molecular weight excluding hydrogens is 253 g/mol. The van der Waals surface area contributed by atoms with Crippen LogP contribution in [-0.4, -0.2) is 19.7 Å². The topological polar surface area (TPSA) is 21.3 Å². The van der Waals surface area contributed by atoms with Gasteiger partial charge in [-0.05, 0) is 42.9 Å². The summed E-state index contributed by atoms with van der Waals surface area (Å²) in [6.07, 6.45) is 2.77. The average molecular weight is 281 g/mol. The van der Waals surface area contributed by atoms with E-state index in [0.29, 0.717) is 11.8 Å². The minimum atomic E-state index is -0.217. The van der Waals surface area contributed by atoms with Gasteiger partial charge in [0.2, 0.25) is 0 Å². The molecule has 0 bridgehead atoms. The third kappa shape index (κ3) is 4.78. The molecule has 0 aliphatic rings. The van der Waals surface area contributed by atoms with Crippen LogP contribution in [0, 0.1) is 11.2 Å². The van der Waals surface area contributed by atoms with Gasteiger partial charge in [-0.1, -0.05) is 39.8 Å². The average Bonchev–Trinajstić information content (AvgIpc) is 2.38. The van der Waals surface area contributed by atoms with E-state index in [1.54, 1.807) is 6.07 Å². The predicted molar refractivity (Wildman–Crippen MR) is 82.8 cm³/mol. The summed E-state index contributed by atoms with van der Waals surface area (Å²) < 4.78 is 19.1. The largest absolute Gasteiger partial charge is 0.494 e. The fourth-order valence-electron chi connectivity index (χ4n) is 2.49. The third-order valence-electron chi connectivity index (χ3n) is 3.70. The molecule has 0 saturated carbocycles. The van der Waals surface area contributed by atoms with Gasteiger partial charge in [0.25, 0.3) is 0 Å². The SMILES string of the molecule is CCNC(CCCc1cccc(OC)c1F)C(C)(C)C. The van der Waals surface area contributed by atoms with E-state index in [1.165, 1.54) is 7.11 Å². The Balaban J connectivity index is 2.59. The molecule has 1 unspecified atom stereocenters. The minimum Gasteiger partial charge on any atom is -0.494 e. The van der Waals surface area contributed by atoms with Crippen LogP contribution in [0.2, 0.25) is 0 Å². The molecule has 1 rings (SSSR count). The van der Waals surface area contributed by atoms with Crippen LogP contribution < -0.4 is 10.1 Å². The Bertz CT molecular complexity index is 412. The lowest BCUT2D eigenvalue weighted by Gasteiger charge is -2.31. The molecule has 0 aliphatic carbocycles. The van der Waals surface area contributed by atoms with Gasteiger partial charge in [-0.25, -0.2) is 4.39 Å². The van der Waals surface area contributed by atoms with Crippen molar-refractivity contribution in [3.05, 3.63) is 29.6 Å². The third-order valence-corrected chi connectivity index (χ3v) is 3.70. The summed E-state index contributed by atoms with van der Waals surface area (Å²) in [5.74, 6) is 0.118. The first-order chi connectivity index (χ1) is 9.40. The highest BCUT2D eigenvalue weighted by Gasteiger charge is 2.23. The lowest BCUT2D eigenvalue weighted by Crippen LogP contribution is -2.40. The number of nitrogens with one attached hydrogen (secondary N) is 1. The van der Waals surface area contributed by atoms with Gasteiger partial charge in [0, 0.05) is 6.04 Å². The second-order valence-electron chi connectivity index (χ2n) is 6.30. The van der Waals surface area contributed by atoms with Crippen molar-refractivity contribution in [2.75, 3.05) is 13.7 Å². The van der Waals surface area contributed by atoms with E-state index in [4.69, 9.17) is 4.74 Å². The first-order valence-corrected chi connectivity index (χ1v) is 7.45. The zero-order chi connectivity index (χ0) is 15.2. The van der Waals surface area contributed by atoms with Crippen molar-refractivity contribution in [1.29, 1.82) is 0 Å². The van der Waals surface area contributed by atoms with Gasteiger partial charge < -0.3 is 10.1 Å². The van der Waals surface area contributed by atoms with Crippen molar-refractivity contribution in [3.8, 4) is 5.75 Å². The highest BCUT2D eigenvalue weighted by Crippen LogP contribution is 2.25. The highest BCUT2D eigenvalue weighted by molar-refractivity contribution is 5.31. The van der Waals surface area contributed by atoms with Crippen LogP contribution in [0.15, 0.2) is 18.2 Å². The van der Waals surface area contributed by atoms with Crippen molar-refractivity contribution in [3.63, 3.8) is 0 Å². The standard InChI is InChI=1S/C17H28FNO/c1-6-19-15(17(2,3)4)12-8-10-13-9-7-11-14(20-5)16(13)18/h7,9,11,15,19H,6,8,10,12H2,1-5H3. The van der Waals surface area contributed by atoms with Crippen LogP contribution in [0.25, 0.3) is 0 Å². The molecule has 3 heteroatoms. The van der Waals surface area contributed by atoms with E-state index in [9.17, 15) is 4.39 Å². The van der Waals surface area contributed by atoms with Crippen LogP contribution in [0.5, 0.6) is 5.75 Å². The van der Waals surface area contributed by atoms with Crippen LogP contribution in [0.4, 0.5) is 4.39 Å². The predicted octanol–water partition coefficient (Wildman–Crippen LogP) is 4.18. The first-order valence-electron chi connectivity index (χ1n) is 7.45. The summed E-state index contributed by atoms with van der Waals surface area (Å²) in [5.41, 5.74) is 0.969. The Hall–Kier alpha value is -1.09. The van der Waals surface area contributed by atoms with Crippen molar-refractivity contribution >= 4 is 0 Å². The summed E-state index contributed by atoms with van der Waals surface area (Å²) in [5, 5.41) is 3.53. The number of hydrogen-bond acceptors (Lipinski definition) is 2. The Kier molecular flexibility index (Phi) is 6.47. The number of halogens is 1. The zero-order valence-electron chi connectivity index (χ0n) is 13.4.